The van der Waals surface area contributed by atoms with E-state index in [1.807, 2.05) is 27.7 Å². The summed E-state index contributed by atoms with van der Waals surface area (Å²) in [5.74, 6) is -4.05. The molecule has 11 heteroatoms. The highest BCUT2D eigenvalue weighted by molar-refractivity contribution is 9.10. The van der Waals surface area contributed by atoms with Crippen molar-refractivity contribution in [2.24, 2.45) is 23.2 Å². The molecule has 2 aliphatic heterocycles. The van der Waals surface area contributed by atoms with E-state index in [0.717, 1.165) is 10.0 Å². The van der Waals surface area contributed by atoms with Gasteiger partial charge in [-0.3, -0.25) is 14.4 Å². The van der Waals surface area contributed by atoms with Gasteiger partial charge in [0.15, 0.2) is 5.78 Å². The molecule has 2 saturated heterocycles. The summed E-state index contributed by atoms with van der Waals surface area (Å²) >= 11 is 3.54. The average molecular weight is 670 g/mol. The van der Waals surface area contributed by atoms with E-state index in [1.54, 1.807) is 25.3 Å². The zero-order chi connectivity index (χ0) is 32.1. The number of hydrogen-bond donors (Lipinski definition) is 3. The van der Waals surface area contributed by atoms with Crippen LogP contribution in [0.5, 0.6) is 5.75 Å². The van der Waals surface area contributed by atoms with Gasteiger partial charge in [-0.15, -0.1) is 0 Å². The molecule has 3 fully saturated rings. The monoisotopic (exact) mass is 668 g/mol. The summed E-state index contributed by atoms with van der Waals surface area (Å²) in [6, 6.07) is 5.01. The van der Waals surface area contributed by atoms with Gasteiger partial charge >= 0.3 is 11.9 Å². The Labute approximate surface area is 261 Å². The van der Waals surface area contributed by atoms with E-state index in [2.05, 4.69) is 15.9 Å². The third-order valence-corrected chi connectivity index (χ3v) is 10.6. The van der Waals surface area contributed by atoms with Crippen LogP contribution in [-0.4, -0.2) is 75.8 Å². The van der Waals surface area contributed by atoms with Crippen molar-refractivity contribution in [2.75, 3.05) is 7.11 Å². The number of halogens is 1. The topological polar surface area (TPSA) is 149 Å². The number of carbonyl (C=O) groups is 3. The van der Waals surface area contributed by atoms with Crippen molar-refractivity contribution in [3.8, 4) is 5.75 Å². The molecule has 1 aromatic carbocycles. The molecular weight excluding hydrogens is 624 g/mol. The second-order valence-corrected chi connectivity index (χ2v) is 14.5. The number of ketones is 1. The first kappa shape index (κ1) is 33.8. The third-order valence-electron chi connectivity index (χ3n) is 9.89. The third kappa shape index (κ3) is 6.38. The highest BCUT2D eigenvalue weighted by Crippen LogP contribution is 2.58. The van der Waals surface area contributed by atoms with Crippen molar-refractivity contribution in [3.63, 3.8) is 0 Å². The number of rotatable bonds is 7. The molecule has 2 heterocycles. The lowest BCUT2D eigenvalue weighted by Gasteiger charge is -2.61. The van der Waals surface area contributed by atoms with E-state index in [9.17, 15) is 29.7 Å². The van der Waals surface area contributed by atoms with E-state index in [1.165, 1.54) is 13.8 Å². The lowest BCUT2D eigenvalue weighted by molar-refractivity contribution is -0.286. The van der Waals surface area contributed by atoms with E-state index in [-0.39, 0.29) is 43.0 Å². The molecule has 10 nitrogen and oxygen atoms in total. The van der Waals surface area contributed by atoms with Crippen LogP contribution in [0.2, 0.25) is 0 Å². The molecule has 3 N–H and O–H groups in total. The lowest BCUT2D eigenvalue weighted by Crippen LogP contribution is -2.72. The van der Waals surface area contributed by atoms with Gasteiger partial charge in [0.2, 0.25) is 0 Å². The molecule has 0 amide bonds. The van der Waals surface area contributed by atoms with Crippen LogP contribution in [-0.2, 0) is 33.3 Å². The van der Waals surface area contributed by atoms with E-state index >= 15 is 0 Å². The van der Waals surface area contributed by atoms with Gasteiger partial charge in [0.1, 0.15) is 29.5 Å². The number of fused-ring (bicyclic) bond motifs is 1. The van der Waals surface area contributed by atoms with Crippen LogP contribution in [0, 0.1) is 23.2 Å². The van der Waals surface area contributed by atoms with E-state index in [0.29, 0.717) is 12.8 Å². The summed E-state index contributed by atoms with van der Waals surface area (Å²) in [5.41, 5.74) is -3.38. The molecule has 10 atom stereocenters. The lowest BCUT2D eigenvalue weighted by atomic mass is 9.52. The maximum Gasteiger partial charge on any atom is 0.320 e. The normalized spacial score (nSPS) is 36.5. The summed E-state index contributed by atoms with van der Waals surface area (Å²) in [6.45, 7) is 10.4. The quantitative estimate of drug-likeness (QED) is 0.282. The van der Waals surface area contributed by atoms with Crippen LogP contribution in [0.15, 0.2) is 22.7 Å². The first-order chi connectivity index (χ1) is 19.9. The number of methoxy groups -OCH3 is 1. The van der Waals surface area contributed by atoms with Crippen molar-refractivity contribution in [3.05, 3.63) is 28.2 Å². The molecule has 1 aromatic rings. The van der Waals surface area contributed by atoms with E-state index in [4.69, 9.17) is 18.9 Å². The fourth-order valence-corrected chi connectivity index (χ4v) is 7.98. The second-order valence-electron chi connectivity index (χ2n) is 13.6. The smallest absolute Gasteiger partial charge is 0.320 e. The van der Waals surface area contributed by atoms with Gasteiger partial charge in [-0.1, -0.05) is 43.6 Å². The Morgan fingerprint density at radius 3 is 2.42 bits per heavy atom. The zero-order valence-electron chi connectivity index (χ0n) is 26.0. The summed E-state index contributed by atoms with van der Waals surface area (Å²) in [4.78, 5) is 40.8. The molecule has 0 radical (unpaired) electrons. The largest absolute Gasteiger partial charge is 0.508 e. The summed E-state index contributed by atoms with van der Waals surface area (Å²) < 4.78 is 25.2. The van der Waals surface area contributed by atoms with Crippen LogP contribution in [0.4, 0.5) is 0 Å². The van der Waals surface area contributed by atoms with Crippen LogP contribution in [0.3, 0.4) is 0 Å². The molecule has 43 heavy (non-hydrogen) atoms. The maximum absolute atomic E-state index is 13.9. The van der Waals surface area contributed by atoms with Gasteiger partial charge in [-0.2, -0.15) is 0 Å². The van der Waals surface area contributed by atoms with Crippen LogP contribution in [0.1, 0.15) is 85.3 Å². The van der Waals surface area contributed by atoms with Gasteiger partial charge in [0, 0.05) is 23.9 Å². The van der Waals surface area contributed by atoms with Gasteiger partial charge in [-0.25, -0.2) is 0 Å². The molecule has 1 spiro atoms. The number of phenolic OH excluding ortho intramolecular Hbond substituents is 1. The van der Waals surface area contributed by atoms with Crippen molar-refractivity contribution in [2.45, 2.75) is 115 Å². The van der Waals surface area contributed by atoms with Gasteiger partial charge < -0.3 is 34.3 Å². The van der Waals surface area contributed by atoms with E-state index < -0.39 is 64.7 Å². The Balaban J connectivity index is 1.73. The van der Waals surface area contributed by atoms with Gasteiger partial charge in [0.25, 0.3) is 0 Å². The second kappa shape index (κ2) is 12.4. The Morgan fingerprint density at radius 1 is 1.12 bits per heavy atom. The Morgan fingerprint density at radius 2 is 1.79 bits per heavy atom. The van der Waals surface area contributed by atoms with Crippen LogP contribution in [0.25, 0.3) is 0 Å². The molecule has 0 unspecified atom stereocenters. The summed E-state index contributed by atoms with van der Waals surface area (Å²) in [6.07, 6.45) is -3.05. The molecule has 4 rings (SSSR count). The van der Waals surface area contributed by atoms with Crippen molar-refractivity contribution in [1.29, 1.82) is 0 Å². The zero-order valence-corrected chi connectivity index (χ0v) is 27.5. The number of hydrogen-bond acceptors (Lipinski definition) is 10. The summed E-state index contributed by atoms with van der Waals surface area (Å²) in [5, 5.41) is 31.5. The molecule has 2 bridgehead atoms. The number of cyclic esters (lactones) is 1. The Kier molecular flexibility index (Phi) is 9.75. The number of benzene rings is 1. The number of phenols is 1. The van der Waals surface area contributed by atoms with Crippen LogP contribution < -0.4 is 0 Å². The van der Waals surface area contributed by atoms with Gasteiger partial charge in [0.05, 0.1) is 30.3 Å². The molecule has 1 saturated carbocycles. The number of aliphatic hydroxyl groups is 2. The summed E-state index contributed by atoms with van der Waals surface area (Å²) in [7, 11) is 1.60. The highest BCUT2D eigenvalue weighted by Gasteiger charge is 2.69. The number of esters is 2. The number of aromatic hydroxyl groups is 1. The minimum absolute atomic E-state index is 0.0237. The SMILES string of the molecule is CO[C@@H](CC[C@H](C)[C@H]1O[C@@]23C[C@H](OC(=O)C[C@H]([C@@H](C)O)OC(=O)[C@H]2C(=O)[C@](C)(O)CC3(C)C)[C@@H]1C)c1cc(O)ccc1Br. The first-order valence-corrected chi connectivity index (χ1v) is 15.8. The molecule has 0 aromatic heterocycles. The van der Waals surface area contributed by atoms with Crippen molar-refractivity contribution >= 4 is 33.7 Å². The first-order valence-electron chi connectivity index (χ1n) is 15.0. The average Bonchev–Trinajstić information content (AvgIpc) is 2.90. The van der Waals surface area contributed by atoms with Crippen LogP contribution >= 0.6 is 15.9 Å². The highest BCUT2D eigenvalue weighted by atomic mass is 79.9. The Hall–Kier alpha value is -2.05. The maximum atomic E-state index is 13.9. The molecule has 1 aliphatic carbocycles. The minimum atomic E-state index is -1.82. The predicted molar refractivity (Wildman–Crippen MR) is 159 cm³/mol. The standard InChI is InChI=1S/C32H45BrO10/c1-16(8-11-22(40-7)20-12-19(35)9-10-21(20)33)27-17(2)24-14-32(43-27)26(28(37)31(6,39)15-30(32,4)5)29(38)42-23(18(3)34)13-25(36)41-24/h9-10,12,16-18,22-24,26-27,34-35,39H,8,11,13-15H2,1-7H3/t16-,17-,18+,22-,23+,24-,26+,27+,31+,32-/m0/s1. The van der Waals surface area contributed by atoms with Crippen molar-refractivity contribution in [1.82, 2.24) is 0 Å². The van der Waals surface area contributed by atoms with Crippen molar-refractivity contribution < 1.29 is 48.7 Å². The number of ether oxygens (including phenoxy) is 4. The number of Topliss-reactive ketones (excluding diaryl/α,β-unsaturated/α-hetero) is 1. The predicted octanol–water partition coefficient (Wildman–Crippen LogP) is 4.40. The number of aliphatic hydroxyl groups excluding tert-OH is 1. The minimum Gasteiger partial charge on any atom is -0.508 e. The molecule has 240 valence electrons. The molecular formula is C32H45BrO10. The fraction of sp³-hybridized carbons (Fsp3) is 0.719. The number of carbonyl (C=O) groups excluding carboxylic acids is 3. The fourth-order valence-electron chi connectivity index (χ4n) is 7.47. The van der Waals surface area contributed by atoms with Gasteiger partial charge in [-0.05, 0) is 68.2 Å². The Bertz CT molecular complexity index is 1230. The molecule has 3 aliphatic rings.